The van der Waals surface area contributed by atoms with Crippen LogP contribution in [0.15, 0.2) is 12.5 Å². The molecule has 0 amide bonds. The zero-order valence-corrected chi connectivity index (χ0v) is 7.63. The molecule has 0 aliphatic carbocycles. The summed E-state index contributed by atoms with van der Waals surface area (Å²) in [7, 11) is 0. The average molecular weight is 221 g/mol. The van der Waals surface area contributed by atoms with Crippen LogP contribution in [0, 0.1) is 0 Å². The minimum Gasteiger partial charge on any atom is -0.389 e. The van der Waals surface area contributed by atoms with Crippen LogP contribution in [0.25, 0.3) is 0 Å². The molecule has 5 heteroatoms. The van der Waals surface area contributed by atoms with E-state index in [2.05, 4.69) is 31.6 Å². The van der Waals surface area contributed by atoms with E-state index < -0.39 is 4.45 Å². The van der Waals surface area contributed by atoms with Crippen molar-refractivity contribution >= 4 is 15.9 Å². The van der Waals surface area contributed by atoms with Gasteiger partial charge in [-0.15, -0.1) is 0 Å². The number of alkyl halides is 1. The number of aromatic nitrogens is 2. The monoisotopic (exact) mass is 220 g/mol. The van der Waals surface area contributed by atoms with Crippen molar-refractivity contribution < 1.29 is 10.8 Å². The highest BCUT2D eigenvalue weighted by atomic mass is 79.9. The Hall–Kier alpha value is -0.390. The van der Waals surface area contributed by atoms with Gasteiger partial charge in [0.05, 0.1) is 12.7 Å². The number of hydrogen-bond acceptors (Lipinski definition) is 2. The van der Waals surface area contributed by atoms with Crippen LogP contribution in [-0.4, -0.2) is 26.1 Å². The maximum atomic E-state index is 8.85. The van der Waals surface area contributed by atoms with Crippen LogP contribution in [0.4, 0.5) is 0 Å². The standard InChI is InChI=1S/C6H10BrN3O/c7-6(8,3-11)1-5-2-9-4-10-5/h2,4,11H,1,3,8H2,(H,9,10)/p+1/t6-/m1/s1. The number of nitrogens with zero attached hydrogens (tertiary/aromatic N) is 1. The molecule has 0 aliphatic heterocycles. The van der Waals surface area contributed by atoms with Crippen molar-refractivity contribution in [3.8, 4) is 0 Å². The zero-order chi connectivity index (χ0) is 8.32. The lowest BCUT2D eigenvalue weighted by Crippen LogP contribution is -2.71. The van der Waals surface area contributed by atoms with E-state index in [4.69, 9.17) is 5.11 Å². The molecular weight excluding hydrogens is 210 g/mol. The molecule has 0 aromatic carbocycles. The second kappa shape index (κ2) is 3.34. The highest BCUT2D eigenvalue weighted by Crippen LogP contribution is 2.12. The van der Waals surface area contributed by atoms with Gasteiger partial charge in [0.1, 0.15) is 6.61 Å². The number of aromatic amines is 1. The Bertz CT molecular complexity index is 210. The van der Waals surface area contributed by atoms with Gasteiger partial charge < -0.3 is 15.8 Å². The predicted octanol–water partition coefficient (Wildman–Crippen LogP) is -0.722. The summed E-state index contributed by atoms with van der Waals surface area (Å²) >= 11 is 3.29. The number of rotatable bonds is 3. The molecule has 1 aromatic heterocycles. The number of halogens is 1. The maximum absolute atomic E-state index is 8.85. The van der Waals surface area contributed by atoms with Crippen molar-refractivity contribution in [2.45, 2.75) is 10.9 Å². The summed E-state index contributed by atoms with van der Waals surface area (Å²) in [6.45, 7) is 0.00597. The first kappa shape index (κ1) is 8.70. The van der Waals surface area contributed by atoms with Crippen LogP contribution >= 0.6 is 15.9 Å². The fraction of sp³-hybridized carbons (Fsp3) is 0.500. The van der Waals surface area contributed by atoms with E-state index >= 15 is 0 Å². The molecule has 5 N–H and O–H groups in total. The largest absolute Gasteiger partial charge is 0.389 e. The second-order valence-electron chi connectivity index (χ2n) is 2.56. The second-order valence-corrected chi connectivity index (χ2v) is 4.24. The molecule has 0 spiro atoms. The molecule has 0 bridgehead atoms. The van der Waals surface area contributed by atoms with Crippen molar-refractivity contribution in [3.63, 3.8) is 0 Å². The molecule has 0 radical (unpaired) electrons. The fourth-order valence-electron chi connectivity index (χ4n) is 0.779. The Morgan fingerprint density at radius 3 is 3.00 bits per heavy atom. The molecule has 0 aliphatic rings. The fourth-order valence-corrected chi connectivity index (χ4v) is 1.08. The van der Waals surface area contributed by atoms with E-state index in [1.807, 2.05) is 0 Å². The quantitative estimate of drug-likeness (QED) is 0.465. The predicted molar refractivity (Wildman–Crippen MR) is 43.9 cm³/mol. The van der Waals surface area contributed by atoms with Gasteiger partial charge in [0.25, 0.3) is 0 Å². The Balaban J connectivity index is 2.56. The van der Waals surface area contributed by atoms with Crippen LogP contribution < -0.4 is 5.73 Å². The van der Waals surface area contributed by atoms with Crippen molar-refractivity contribution in [2.24, 2.45) is 0 Å². The summed E-state index contributed by atoms with van der Waals surface area (Å²) in [6, 6.07) is 0. The zero-order valence-electron chi connectivity index (χ0n) is 6.05. The first-order valence-electron chi connectivity index (χ1n) is 3.26. The molecule has 0 fully saturated rings. The van der Waals surface area contributed by atoms with Gasteiger partial charge in [0, 0.05) is 11.9 Å². The van der Waals surface area contributed by atoms with Crippen LogP contribution in [-0.2, 0) is 6.42 Å². The number of quaternary nitrogens is 1. The number of aliphatic hydroxyl groups is 1. The molecule has 0 saturated carbocycles. The third kappa shape index (κ3) is 2.61. The summed E-state index contributed by atoms with van der Waals surface area (Å²) in [5.74, 6) is 0. The Kier molecular flexibility index (Phi) is 2.64. The van der Waals surface area contributed by atoms with Gasteiger partial charge in [-0.3, -0.25) is 0 Å². The van der Waals surface area contributed by atoms with Gasteiger partial charge in [-0.25, -0.2) is 4.98 Å². The topological polar surface area (TPSA) is 76.6 Å². The molecule has 1 rings (SSSR count). The Morgan fingerprint density at radius 2 is 2.55 bits per heavy atom. The molecule has 4 nitrogen and oxygen atoms in total. The van der Waals surface area contributed by atoms with Crippen LogP contribution in [0.2, 0.25) is 0 Å². The lowest BCUT2D eigenvalue weighted by molar-refractivity contribution is -0.440. The van der Waals surface area contributed by atoms with Crippen molar-refractivity contribution in [3.05, 3.63) is 18.2 Å². The minimum atomic E-state index is -0.487. The van der Waals surface area contributed by atoms with Gasteiger partial charge >= 0.3 is 0 Å². The highest BCUT2D eigenvalue weighted by molar-refractivity contribution is 9.10. The molecule has 11 heavy (non-hydrogen) atoms. The minimum absolute atomic E-state index is 0.00597. The highest BCUT2D eigenvalue weighted by Gasteiger charge is 2.24. The summed E-state index contributed by atoms with van der Waals surface area (Å²) in [6.07, 6.45) is 3.97. The average Bonchev–Trinajstić information content (AvgIpc) is 2.39. The van der Waals surface area contributed by atoms with Crippen LogP contribution in [0.1, 0.15) is 5.69 Å². The lowest BCUT2D eigenvalue weighted by atomic mass is 10.2. The van der Waals surface area contributed by atoms with Crippen LogP contribution in [0.5, 0.6) is 0 Å². The number of aliphatic hydroxyl groups excluding tert-OH is 1. The molecule has 62 valence electrons. The molecule has 0 saturated heterocycles. The van der Waals surface area contributed by atoms with Gasteiger partial charge in [0.15, 0.2) is 4.45 Å². The van der Waals surface area contributed by atoms with E-state index in [1.54, 1.807) is 12.5 Å². The number of hydrogen-bond donors (Lipinski definition) is 3. The van der Waals surface area contributed by atoms with Gasteiger partial charge in [-0.1, -0.05) is 0 Å². The summed E-state index contributed by atoms with van der Waals surface area (Å²) in [5.41, 5.74) is 4.75. The molecule has 0 unspecified atom stereocenters. The van der Waals surface area contributed by atoms with E-state index in [0.717, 1.165) is 5.69 Å². The van der Waals surface area contributed by atoms with E-state index in [0.29, 0.717) is 6.42 Å². The molecule has 1 aromatic rings. The lowest BCUT2D eigenvalue weighted by Gasteiger charge is -2.13. The van der Waals surface area contributed by atoms with Crippen molar-refractivity contribution in [1.82, 2.24) is 9.97 Å². The van der Waals surface area contributed by atoms with E-state index in [-0.39, 0.29) is 6.61 Å². The summed E-state index contributed by atoms with van der Waals surface area (Å²) < 4.78 is -0.487. The summed E-state index contributed by atoms with van der Waals surface area (Å²) in [5, 5.41) is 8.85. The summed E-state index contributed by atoms with van der Waals surface area (Å²) in [4.78, 5) is 6.79. The number of imidazole rings is 1. The van der Waals surface area contributed by atoms with Crippen molar-refractivity contribution in [1.29, 1.82) is 0 Å². The van der Waals surface area contributed by atoms with Crippen molar-refractivity contribution in [2.75, 3.05) is 6.61 Å². The SMILES string of the molecule is [NH3+][C@@](Br)(CO)Cc1cnc[nH]1. The Morgan fingerprint density at radius 1 is 1.82 bits per heavy atom. The Labute approximate surface area is 73.0 Å². The van der Waals surface area contributed by atoms with Gasteiger partial charge in [0.2, 0.25) is 0 Å². The molecule has 1 heterocycles. The number of nitrogens with one attached hydrogen (secondary N) is 1. The maximum Gasteiger partial charge on any atom is 0.178 e. The first-order chi connectivity index (χ1) is 5.14. The van der Waals surface area contributed by atoms with Gasteiger partial charge in [-0.05, 0) is 15.9 Å². The third-order valence-corrected chi connectivity index (χ3v) is 1.88. The molecule has 1 atom stereocenters. The van der Waals surface area contributed by atoms with E-state index in [9.17, 15) is 0 Å². The smallest absolute Gasteiger partial charge is 0.178 e. The first-order valence-corrected chi connectivity index (χ1v) is 4.06. The molecular formula is C6H11BrN3O+. The van der Waals surface area contributed by atoms with Crippen LogP contribution in [0.3, 0.4) is 0 Å². The van der Waals surface area contributed by atoms with Gasteiger partial charge in [-0.2, -0.15) is 0 Å². The third-order valence-electron chi connectivity index (χ3n) is 1.35. The number of H-pyrrole nitrogens is 1. The normalized spacial score (nSPS) is 16.3. The van der Waals surface area contributed by atoms with E-state index in [1.165, 1.54) is 0 Å².